The van der Waals surface area contributed by atoms with Crippen molar-refractivity contribution < 1.29 is 19.4 Å². The van der Waals surface area contributed by atoms with Crippen molar-refractivity contribution in [1.29, 1.82) is 0 Å². The lowest BCUT2D eigenvalue weighted by molar-refractivity contribution is -0.123. The topological polar surface area (TPSA) is 75.6 Å². The number of carbonyl (C=O) groups excluding carboxylic acids is 2. The lowest BCUT2D eigenvalue weighted by atomic mass is 10.2. The second-order valence-corrected chi connectivity index (χ2v) is 4.96. The van der Waals surface area contributed by atoms with Crippen molar-refractivity contribution in [3.8, 4) is 0 Å². The Morgan fingerprint density at radius 3 is 2.14 bits per heavy atom. The van der Waals surface area contributed by atoms with Crippen LogP contribution in [0, 0.1) is 0 Å². The Morgan fingerprint density at radius 2 is 1.68 bits per heavy atom. The van der Waals surface area contributed by atoms with E-state index in [1.165, 1.54) is 31.8 Å². The Morgan fingerprint density at radius 1 is 1.09 bits per heavy atom. The SMILES string of the molecule is C=CC(=O)CCCCNC(=O)CO.CCCCOCCCC. The molecular weight excluding hydrogens is 282 g/mol. The fraction of sp³-hybridized carbons (Fsp3) is 0.765. The molecule has 0 aliphatic heterocycles. The number of ketones is 1. The van der Waals surface area contributed by atoms with Gasteiger partial charge in [0.25, 0.3) is 0 Å². The van der Waals surface area contributed by atoms with E-state index in [4.69, 9.17) is 9.84 Å². The van der Waals surface area contributed by atoms with Crippen LogP contribution in [0.25, 0.3) is 0 Å². The van der Waals surface area contributed by atoms with Crippen molar-refractivity contribution in [2.45, 2.75) is 58.8 Å². The van der Waals surface area contributed by atoms with Gasteiger partial charge in [-0.2, -0.15) is 0 Å². The van der Waals surface area contributed by atoms with Gasteiger partial charge < -0.3 is 15.2 Å². The molecule has 5 nitrogen and oxygen atoms in total. The van der Waals surface area contributed by atoms with E-state index in [9.17, 15) is 9.59 Å². The number of allylic oxidation sites excluding steroid dienone is 1. The Kier molecular flexibility index (Phi) is 20.8. The zero-order chi connectivity index (χ0) is 17.1. The molecule has 0 saturated carbocycles. The highest BCUT2D eigenvalue weighted by Crippen LogP contribution is 1.95. The van der Waals surface area contributed by atoms with Gasteiger partial charge in [-0.15, -0.1) is 0 Å². The molecule has 0 aromatic carbocycles. The molecule has 0 spiro atoms. The summed E-state index contributed by atoms with van der Waals surface area (Å²) >= 11 is 0. The third-order valence-electron chi connectivity index (χ3n) is 2.83. The summed E-state index contributed by atoms with van der Waals surface area (Å²) in [6.07, 6.45) is 8.15. The van der Waals surface area contributed by atoms with Gasteiger partial charge in [-0.05, 0) is 31.8 Å². The largest absolute Gasteiger partial charge is 0.387 e. The van der Waals surface area contributed by atoms with Gasteiger partial charge in [-0.25, -0.2) is 0 Å². The van der Waals surface area contributed by atoms with Crippen LogP contribution in [0.15, 0.2) is 12.7 Å². The van der Waals surface area contributed by atoms with Crippen LogP contribution in [0.5, 0.6) is 0 Å². The average Bonchev–Trinajstić information content (AvgIpc) is 2.54. The van der Waals surface area contributed by atoms with E-state index in [1.807, 2.05) is 0 Å². The van der Waals surface area contributed by atoms with Crippen LogP contribution in [0.2, 0.25) is 0 Å². The second-order valence-electron chi connectivity index (χ2n) is 4.96. The molecule has 22 heavy (non-hydrogen) atoms. The molecule has 1 amide bonds. The zero-order valence-electron chi connectivity index (χ0n) is 14.2. The van der Waals surface area contributed by atoms with Crippen LogP contribution < -0.4 is 5.32 Å². The van der Waals surface area contributed by atoms with Gasteiger partial charge >= 0.3 is 0 Å². The zero-order valence-corrected chi connectivity index (χ0v) is 14.2. The predicted molar refractivity (Wildman–Crippen MR) is 89.8 cm³/mol. The molecule has 0 aromatic rings. The third-order valence-corrected chi connectivity index (χ3v) is 2.83. The first kappa shape index (κ1) is 23.1. The molecule has 0 aromatic heterocycles. The number of carbonyl (C=O) groups is 2. The Hall–Kier alpha value is -1.20. The molecule has 0 unspecified atom stereocenters. The molecular formula is C17H33NO4. The van der Waals surface area contributed by atoms with E-state index in [0.29, 0.717) is 13.0 Å². The maximum atomic E-state index is 10.7. The van der Waals surface area contributed by atoms with Gasteiger partial charge in [0.1, 0.15) is 6.61 Å². The minimum absolute atomic E-state index is 0.0217. The molecule has 130 valence electrons. The van der Waals surface area contributed by atoms with Crippen LogP contribution >= 0.6 is 0 Å². The summed E-state index contributed by atoms with van der Waals surface area (Å²) < 4.78 is 5.31. The first-order valence-electron chi connectivity index (χ1n) is 8.22. The van der Waals surface area contributed by atoms with Crippen molar-refractivity contribution in [2.75, 3.05) is 26.4 Å². The number of rotatable bonds is 13. The minimum atomic E-state index is -0.481. The lowest BCUT2D eigenvalue weighted by Gasteiger charge is -2.01. The molecule has 0 atom stereocenters. The molecule has 0 radical (unpaired) electrons. The summed E-state index contributed by atoms with van der Waals surface area (Å²) in [6, 6.07) is 0. The summed E-state index contributed by atoms with van der Waals surface area (Å²) in [5.74, 6) is -0.358. The van der Waals surface area contributed by atoms with E-state index in [0.717, 1.165) is 26.1 Å². The number of amides is 1. The van der Waals surface area contributed by atoms with Crippen LogP contribution in [0.4, 0.5) is 0 Å². The fourth-order valence-electron chi connectivity index (χ4n) is 1.40. The van der Waals surface area contributed by atoms with Gasteiger partial charge in [0, 0.05) is 26.2 Å². The summed E-state index contributed by atoms with van der Waals surface area (Å²) in [5.41, 5.74) is 0. The highest BCUT2D eigenvalue weighted by molar-refractivity contribution is 5.88. The number of unbranched alkanes of at least 4 members (excludes halogenated alkanes) is 3. The Balaban J connectivity index is 0. The maximum absolute atomic E-state index is 10.7. The highest BCUT2D eigenvalue weighted by atomic mass is 16.5. The van der Waals surface area contributed by atoms with E-state index >= 15 is 0 Å². The van der Waals surface area contributed by atoms with Gasteiger partial charge in [0.05, 0.1) is 0 Å². The quantitative estimate of drug-likeness (QED) is 0.405. The second kappa shape index (κ2) is 19.8. The van der Waals surface area contributed by atoms with Gasteiger partial charge in [0.15, 0.2) is 5.78 Å². The molecule has 0 aliphatic rings. The number of aliphatic hydroxyl groups is 1. The Bertz CT molecular complexity index is 274. The number of hydrogen-bond acceptors (Lipinski definition) is 4. The summed E-state index contributed by atoms with van der Waals surface area (Å²) in [4.78, 5) is 21.2. The number of aliphatic hydroxyl groups excluding tert-OH is 1. The van der Waals surface area contributed by atoms with Crippen LogP contribution in [0.1, 0.15) is 58.8 Å². The molecule has 0 aliphatic carbocycles. The minimum Gasteiger partial charge on any atom is -0.387 e. The maximum Gasteiger partial charge on any atom is 0.245 e. The van der Waals surface area contributed by atoms with Gasteiger partial charge in [-0.1, -0.05) is 33.3 Å². The lowest BCUT2D eigenvalue weighted by Crippen LogP contribution is -2.27. The average molecular weight is 315 g/mol. The first-order valence-corrected chi connectivity index (χ1v) is 8.22. The van der Waals surface area contributed by atoms with E-state index in [-0.39, 0.29) is 11.7 Å². The summed E-state index contributed by atoms with van der Waals surface area (Å²) in [6.45, 7) is 9.65. The molecule has 0 bridgehead atoms. The number of nitrogens with one attached hydrogen (secondary N) is 1. The van der Waals surface area contributed by atoms with Crippen molar-refractivity contribution in [3.05, 3.63) is 12.7 Å². The summed E-state index contributed by atoms with van der Waals surface area (Å²) in [5, 5.41) is 10.8. The van der Waals surface area contributed by atoms with E-state index < -0.39 is 6.61 Å². The normalized spacial score (nSPS) is 9.59. The van der Waals surface area contributed by atoms with Crippen molar-refractivity contribution >= 4 is 11.7 Å². The van der Waals surface area contributed by atoms with Crippen molar-refractivity contribution in [2.24, 2.45) is 0 Å². The van der Waals surface area contributed by atoms with Crippen molar-refractivity contribution in [3.63, 3.8) is 0 Å². The predicted octanol–water partition coefficient (Wildman–Crippen LogP) is 2.62. The summed E-state index contributed by atoms with van der Waals surface area (Å²) in [7, 11) is 0. The molecule has 0 rings (SSSR count). The van der Waals surface area contributed by atoms with Gasteiger partial charge in [-0.3, -0.25) is 9.59 Å². The van der Waals surface area contributed by atoms with Crippen molar-refractivity contribution in [1.82, 2.24) is 5.32 Å². The molecule has 2 N–H and O–H groups in total. The molecule has 0 fully saturated rings. The Labute approximate surface area is 135 Å². The third kappa shape index (κ3) is 21.1. The highest BCUT2D eigenvalue weighted by Gasteiger charge is 1.98. The van der Waals surface area contributed by atoms with E-state index in [2.05, 4.69) is 25.7 Å². The molecule has 0 heterocycles. The number of hydrogen-bond donors (Lipinski definition) is 2. The standard InChI is InChI=1S/C9H15NO3.C8H18O/c1-2-8(12)5-3-4-6-10-9(13)7-11;1-3-5-7-9-8-6-4-2/h2,11H,1,3-7H2,(H,10,13);3-8H2,1-2H3. The van der Waals surface area contributed by atoms with Crippen LogP contribution in [-0.2, 0) is 14.3 Å². The van der Waals surface area contributed by atoms with Crippen LogP contribution in [0.3, 0.4) is 0 Å². The smallest absolute Gasteiger partial charge is 0.245 e. The van der Waals surface area contributed by atoms with Gasteiger partial charge in [0.2, 0.25) is 5.91 Å². The first-order chi connectivity index (χ1) is 10.6. The monoisotopic (exact) mass is 315 g/mol. The fourth-order valence-corrected chi connectivity index (χ4v) is 1.40. The number of ether oxygens (including phenoxy) is 1. The van der Waals surface area contributed by atoms with Crippen LogP contribution in [-0.4, -0.2) is 43.2 Å². The molecule has 5 heteroatoms. The van der Waals surface area contributed by atoms with E-state index in [1.54, 1.807) is 0 Å². The molecule has 0 saturated heterocycles.